The van der Waals surface area contributed by atoms with E-state index in [-0.39, 0.29) is 12.0 Å². The molecule has 1 aliphatic carbocycles. The molecule has 0 saturated heterocycles. The summed E-state index contributed by atoms with van der Waals surface area (Å²) >= 11 is 0. The van der Waals surface area contributed by atoms with E-state index >= 15 is 0 Å². The molecule has 0 aromatic rings. The lowest BCUT2D eigenvalue weighted by atomic mass is 10.3. The molecule has 0 aliphatic heterocycles. The van der Waals surface area contributed by atoms with Crippen LogP contribution in [0.25, 0.3) is 0 Å². The fraction of sp³-hybridized carbons (Fsp3) is 0.909. The van der Waals surface area contributed by atoms with E-state index in [2.05, 4.69) is 10.6 Å². The summed E-state index contributed by atoms with van der Waals surface area (Å²) in [5, 5.41) is 6.13. The van der Waals surface area contributed by atoms with Gasteiger partial charge in [0.2, 0.25) is 5.91 Å². The van der Waals surface area contributed by atoms with E-state index in [1.54, 1.807) is 14.2 Å². The van der Waals surface area contributed by atoms with Crippen LogP contribution in [-0.4, -0.2) is 52.0 Å². The highest BCUT2D eigenvalue weighted by Crippen LogP contribution is 2.18. The van der Waals surface area contributed by atoms with E-state index in [1.165, 1.54) is 12.8 Å². The van der Waals surface area contributed by atoms with Crippen LogP contribution in [0.4, 0.5) is 0 Å². The standard InChI is InChI=1S/C11H22N2O3/c1-15-8-10(16-2)7-13-11(14)5-6-12-9-3-4-9/h9-10,12H,3-8H2,1-2H3,(H,13,14). The van der Waals surface area contributed by atoms with E-state index in [0.717, 1.165) is 6.54 Å². The third-order valence-electron chi connectivity index (χ3n) is 2.58. The Labute approximate surface area is 96.9 Å². The highest BCUT2D eigenvalue weighted by atomic mass is 16.5. The highest BCUT2D eigenvalue weighted by molar-refractivity contribution is 5.76. The van der Waals surface area contributed by atoms with Crippen LogP contribution in [0.1, 0.15) is 19.3 Å². The summed E-state index contributed by atoms with van der Waals surface area (Å²) in [7, 11) is 3.23. The van der Waals surface area contributed by atoms with Gasteiger partial charge in [-0.05, 0) is 12.8 Å². The van der Waals surface area contributed by atoms with E-state index in [4.69, 9.17) is 9.47 Å². The summed E-state index contributed by atoms with van der Waals surface area (Å²) in [4.78, 5) is 11.4. The number of hydrogen-bond donors (Lipinski definition) is 2. The first-order valence-electron chi connectivity index (χ1n) is 5.78. The molecule has 16 heavy (non-hydrogen) atoms. The van der Waals surface area contributed by atoms with Crippen LogP contribution in [0.5, 0.6) is 0 Å². The fourth-order valence-corrected chi connectivity index (χ4v) is 1.39. The van der Waals surface area contributed by atoms with Crippen molar-refractivity contribution in [2.45, 2.75) is 31.4 Å². The molecule has 0 heterocycles. The first kappa shape index (κ1) is 13.4. The second-order valence-electron chi connectivity index (χ2n) is 4.10. The smallest absolute Gasteiger partial charge is 0.221 e. The Morgan fingerprint density at radius 3 is 2.75 bits per heavy atom. The molecular formula is C11H22N2O3. The maximum Gasteiger partial charge on any atom is 0.221 e. The molecule has 0 aromatic carbocycles. The minimum atomic E-state index is -0.0645. The first-order chi connectivity index (χ1) is 7.76. The number of hydrogen-bond acceptors (Lipinski definition) is 4. The summed E-state index contributed by atoms with van der Waals surface area (Å²) < 4.78 is 10.1. The minimum absolute atomic E-state index is 0.0614. The lowest BCUT2D eigenvalue weighted by Gasteiger charge is -2.14. The van der Waals surface area contributed by atoms with Gasteiger partial charge in [0.15, 0.2) is 0 Å². The van der Waals surface area contributed by atoms with Gasteiger partial charge >= 0.3 is 0 Å². The summed E-state index contributed by atoms with van der Waals surface area (Å²) in [6.07, 6.45) is 2.97. The van der Waals surface area contributed by atoms with Crippen LogP contribution in [0.15, 0.2) is 0 Å². The molecule has 94 valence electrons. The average Bonchev–Trinajstić information content (AvgIpc) is 3.08. The Morgan fingerprint density at radius 2 is 2.19 bits per heavy atom. The van der Waals surface area contributed by atoms with Crippen molar-refractivity contribution in [3.63, 3.8) is 0 Å². The highest BCUT2D eigenvalue weighted by Gasteiger charge is 2.20. The molecule has 2 N–H and O–H groups in total. The van der Waals surface area contributed by atoms with E-state index in [0.29, 0.717) is 25.6 Å². The molecule has 1 saturated carbocycles. The molecule has 1 atom stereocenters. The van der Waals surface area contributed by atoms with Crippen LogP contribution in [0, 0.1) is 0 Å². The van der Waals surface area contributed by atoms with Crippen molar-refractivity contribution in [1.29, 1.82) is 0 Å². The molecule has 1 aliphatic rings. The second-order valence-corrected chi connectivity index (χ2v) is 4.10. The monoisotopic (exact) mass is 230 g/mol. The molecule has 1 fully saturated rings. The van der Waals surface area contributed by atoms with Gasteiger partial charge in [-0.3, -0.25) is 4.79 Å². The number of nitrogens with one attached hydrogen (secondary N) is 2. The number of methoxy groups -OCH3 is 2. The Balaban J connectivity index is 1.98. The van der Waals surface area contributed by atoms with Crippen LogP contribution in [0.3, 0.4) is 0 Å². The molecule has 0 bridgehead atoms. The largest absolute Gasteiger partial charge is 0.382 e. The van der Waals surface area contributed by atoms with Crippen molar-refractivity contribution in [2.75, 3.05) is 33.9 Å². The van der Waals surface area contributed by atoms with Gasteiger partial charge in [-0.1, -0.05) is 0 Å². The number of carbonyl (C=O) groups excluding carboxylic acids is 1. The normalized spacial score (nSPS) is 17.1. The SMILES string of the molecule is COCC(CNC(=O)CCNC1CC1)OC. The fourth-order valence-electron chi connectivity index (χ4n) is 1.39. The van der Waals surface area contributed by atoms with Crippen molar-refractivity contribution in [1.82, 2.24) is 10.6 Å². The van der Waals surface area contributed by atoms with Gasteiger partial charge in [-0.15, -0.1) is 0 Å². The van der Waals surface area contributed by atoms with Crippen LogP contribution in [-0.2, 0) is 14.3 Å². The van der Waals surface area contributed by atoms with Gasteiger partial charge in [-0.2, -0.15) is 0 Å². The van der Waals surface area contributed by atoms with Crippen LogP contribution >= 0.6 is 0 Å². The average molecular weight is 230 g/mol. The summed E-state index contributed by atoms with van der Waals surface area (Å²) in [5.74, 6) is 0.0614. The number of carbonyl (C=O) groups is 1. The summed E-state index contributed by atoms with van der Waals surface area (Å²) in [6, 6.07) is 0.660. The lowest BCUT2D eigenvalue weighted by Crippen LogP contribution is -2.36. The predicted octanol–water partition coefficient (Wildman–Crippen LogP) is -0.0939. The number of amides is 1. The number of rotatable bonds is 9. The maximum absolute atomic E-state index is 11.4. The van der Waals surface area contributed by atoms with Crippen molar-refractivity contribution >= 4 is 5.91 Å². The van der Waals surface area contributed by atoms with Crippen LogP contribution in [0.2, 0.25) is 0 Å². The molecule has 1 amide bonds. The molecule has 5 heteroatoms. The lowest BCUT2D eigenvalue weighted by molar-refractivity contribution is -0.121. The van der Waals surface area contributed by atoms with E-state index in [9.17, 15) is 4.79 Å². The maximum atomic E-state index is 11.4. The molecular weight excluding hydrogens is 208 g/mol. The van der Waals surface area contributed by atoms with Gasteiger partial charge in [0.1, 0.15) is 0 Å². The molecule has 5 nitrogen and oxygen atoms in total. The van der Waals surface area contributed by atoms with Gasteiger partial charge in [-0.25, -0.2) is 0 Å². The zero-order valence-corrected chi connectivity index (χ0v) is 10.1. The Hall–Kier alpha value is -0.650. The van der Waals surface area contributed by atoms with Crippen molar-refractivity contribution in [3.8, 4) is 0 Å². The molecule has 1 rings (SSSR count). The number of ether oxygens (including phenoxy) is 2. The molecule has 0 spiro atoms. The topological polar surface area (TPSA) is 59.6 Å². The Morgan fingerprint density at radius 1 is 1.44 bits per heavy atom. The molecule has 0 radical (unpaired) electrons. The third kappa shape index (κ3) is 6.05. The second kappa shape index (κ2) is 7.60. The molecule has 0 aromatic heterocycles. The zero-order valence-electron chi connectivity index (χ0n) is 10.1. The van der Waals surface area contributed by atoms with Gasteiger partial charge in [0.25, 0.3) is 0 Å². The van der Waals surface area contributed by atoms with Gasteiger partial charge in [0.05, 0.1) is 12.7 Å². The van der Waals surface area contributed by atoms with E-state index in [1.807, 2.05) is 0 Å². The third-order valence-corrected chi connectivity index (χ3v) is 2.58. The van der Waals surface area contributed by atoms with E-state index < -0.39 is 0 Å². The Kier molecular flexibility index (Phi) is 6.37. The van der Waals surface area contributed by atoms with Crippen molar-refractivity contribution in [3.05, 3.63) is 0 Å². The quantitative estimate of drug-likeness (QED) is 0.581. The van der Waals surface area contributed by atoms with Crippen molar-refractivity contribution < 1.29 is 14.3 Å². The van der Waals surface area contributed by atoms with Crippen LogP contribution < -0.4 is 10.6 Å². The zero-order chi connectivity index (χ0) is 11.8. The summed E-state index contributed by atoms with van der Waals surface area (Å²) in [5.41, 5.74) is 0. The van der Waals surface area contributed by atoms with Crippen molar-refractivity contribution in [2.24, 2.45) is 0 Å². The summed E-state index contributed by atoms with van der Waals surface area (Å²) in [6.45, 7) is 1.77. The molecule has 1 unspecified atom stereocenters. The Bertz CT molecular complexity index is 207. The predicted molar refractivity (Wildman–Crippen MR) is 61.3 cm³/mol. The first-order valence-corrected chi connectivity index (χ1v) is 5.78. The van der Waals surface area contributed by atoms with Gasteiger partial charge in [0, 0.05) is 39.8 Å². The minimum Gasteiger partial charge on any atom is -0.382 e. The van der Waals surface area contributed by atoms with Gasteiger partial charge < -0.3 is 20.1 Å².